The van der Waals surface area contributed by atoms with Crippen LogP contribution in [-0.2, 0) is 0 Å². The summed E-state index contributed by atoms with van der Waals surface area (Å²) in [6, 6.07) is 0. The average Bonchev–Trinajstić information content (AvgIpc) is 2.28. The van der Waals surface area contributed by atoms with Crippen molar-refractivity contribution in [1.29, 1.82) is 0 Å². The third kappa shape index (κ3) is 2.26. The van der Waals surface area contributed by atoms with Crippen LogP contribution in [0.5, 0.6) is 0 Å². The number of hydrogen-bond acceptors (Lipinski definition) is 7. The Hall–Kier alpha value is -1.96. The van der Waals surface area contributed by atoms with Crippen LogP contribution in [0.4, 0.5) is 17.5 Å². The number of aryl methyl sites for hydroxylation is 1. The molecule has 1 aromatic rings. The largest absolute Gasteiger partial charge is 0.368 e. The molecule has 0 aliphatic carbocycles. The highest BCUT2D eigenvalue weighted by Crippen LogP contribution is 2.29. The van der Waals surface area contributed by atoms with Crippen LogP contribution >= 0.6 is 0 Å². The molecule has 0 radical (unpaired) electrons. The zero-order chi connectivity index (χ0) is 12.4. The van der Waals surface area contributed by atoms with Gasteiger partial charge in [0, 0.05) is 26.2 Å². The number of nitrogens with one attached hydrogen (secondary N) is 1. The lowest BCUT2D eigenvalue weighted by molar-refractivity contribution is -0.385. The molecule has 1 fully saturated rings. The summed E-state index contributed by atoms with van der Waals surface area (Å²) >= 11 is 0. The van der Waals surface area contributed by atoms with E-state index in [-0.39, 0.29) is 11.6 Å². The van der Waals surface area contributed by atoms with Crippen molar-refractivity contribution in [3.8, 4) is 0 Å². The summed E-state index contributed by atoms with van der Waals surface area (Å²) in [4.78, 5) is 20.3. The molecule has 0 atom stereocenters. The molecule has 1 saturated heterocycles. The number of aromatic nitrogens is 2. The minimum atomic E-state index is -0.452. The quantitative estimate of drug-likeness (QED) is 0.536. The maximum Gasteiger partial charge on any atom is 0.332 e. The molecule has 0 amide bonds. The van der Waals surface area contributed by atoms with Gasteiger partial charge in [-0.1, -0.05) is 0 Å². The highest BCUT2D eigenvalue weighted by Gasteiger charge is 2.26. The zero-order valence-electron chi connectivity index (χ0n) is 9.51. The topological polar surface area (TPSA) is 110 Å². The summed E-state index contributed by atoms with van der Waals surface area (Å²) < 4.78 is 0. The fourth-order valence-electron chi connectivity index (χ4n) is 1.88. The predicted octanol–water partition coefficient (Wildman–Crippen LogP) is -0.315. The van der Waals surface area contributed by atoms with Crippen molar-refractivity contribution >= 4 is 17.5 Å². The Labute approximate surface area is 98.0 Å². The van der Waals surface area contributed by atoms with E-state index >= 15 is 0 Å². The fraction of sp³-hybridized carbons (Fsp3) is 0.556. The highest BCUT2D eigenvalue weighted by molar-refractivity contribution is 5.62. The van der Waals surface area contributed by atoms with Gasteiger partial charge in [-0.2, -0.15) is 4.98 Å². The molecule has 2 heterocycles. The van der Waals surface area contributed by atoms with Gasteiger partial charge in [0.1, 0.15) is 5.69 Å². The van der Waals surface area contributed by atoms with E-state index in [1.807, 2.05) is 4.90 Å². The molecule has 0 bridgehead atoms. The van der Waals surface area contributed by atoms with Crippen molar-refractivity contribution in [1.82, 2.24) is 15.3 Å². The van der Waals surface area contributed by atoms with Gasteiger partial charge in [-0.15, -0.1) is 0 Å². The fourth-order valence-corrected chi connectivity index (χ4v) is 1.88. The Balaban J connectivity index is 2.46. The van der Waals surface area contributed by atoms with Crippen LogP contribution in [-0.4, -0.2) is 41.1 Å². The Kier molecular flexibility index (Phi) is 3.05. The molecule has 0 aromatic carbocycles. The third-order valence-corrected chi connectivity index (χ3v) is 2.66. The monoisotopic (exact) mass is 238 g/mol. The second-order valence-corrected chi connectivity index (χ2v) is 3.83. The molecule has 0 spiro atoms. The first kappa shape index (κ1) is 11.5. The number of nitrogen functional groups attached to an aromatic ring is 1. The van der Waals surface area contributed by atoms with Gasteiger partial charge in [0.15, 0.2) is 0 Å². The Bertz CT molecular complexity index is 443. The summed E-state index contributed by atoms with van der Waals surface area (Å²) in [5.41, 5.74) is 5.80. The summed E-state index contributed by atoms with van der Waals surface area (Å²) in [5.74, 6) is 0.392. The van der Waals surface area contributed by atoms with Crippen molar-refractivity contribution in [2.45, 2.75) is 6.92 Å². The number of nitro groups is 1. The molecular formula is C9H14N6O2. The number of rotatable bonds is 2. The van der Waals surface area contributed by atoms with Gasteiger partial charge in [0.25, 0.3) is 0 Å². The van der Waals surface area contributed by atoms with Gasteiger partial charge in [-0.05, 0) is 6.92 Å². The summed E-state index contributed by atoms with van der Waals surface area (Å²) in [7, 11) is 0. The van der Waals surface area contributed by atoms with Crippen LogP contribution < -0.4 is 16.0 Å². The van der Waals surface area contributed by atoms with E-state index in [2.05, 4.69) is 15.3 Å². The SMILES string of the molecule is Cc1nc(N)nc(N2CCNCC2)c1[N+](=O)[O-]. The second-order valence-electron chi connectivity index (χ2n) is 3.83. The van der Waals surface area contributed by atoms with Gasteiger partial charge < -0.3 is 16.0 Å². The molecule has 1 aliphatic heterocycles. The molecule has 1 aromatic heterocycles. The van der Waals surface area contributed by atoms with Crippen molar-refractivity contribution in [2.75, 3.05) is 36.8 Å². The van der Waals surface area contributed by atoms with Gasteiger partial charge >= 0.3 is 5.69 Å². The normalized spacial score (nSPS) is 15.9. The molecule has 92 valence electrons. The van der Waals surface area contributed by atoms with Crippen LogP contribution in [0.25, 0.3) is 0 Å². The predicted molar refractivity (Wildman–Crippen MR) is 62.9 cm³/mol. The van der Waals surface area contributed by atoms with Gasteiger partial charge in [-0.3, -0.25) is 10.1 Å². The first-order valence-electron chi connectivity index (χ1n) is 5.34. The number of nitrogens with two attached hydrogens (primary N) is 1. The van der Waals surface area contributed by atoms with Crippen LogP contribution in [0.2, 0.25) is 0 Å². The van der Waals surface area contributed by atoms with Crippen molar-refractivity contribution in [3.05, 3.63) is 15.8 Å². The molecular weight excluding hydrogens is 224 g/mol. The zero-order valence-corrected chi connectivity index (χ0v) is 9.51. The standard InChI is InChI=1S/C9H14N6O2/c1-6-7(15(16)17)8(13-9(10)12-6)14-4-2-11-3-5-14/h11H,2-5H2,1H3,(H2,10,12,13). The molecule has 2 rings (SSSR count). The lowest BCUT2D eigenvalue weighted by Gasteiger charge is -2.28. The average molecular weight is 238 g/mol. The molecule has 8 heteroatoms. The van der Waals surface area contributed by atoms with Gasteiger partial charge in [0.05, 0.1) is 4.92 Å². The van der Waals surface area contributed by atoms with Crippen LogP contribution in [0, 0.1) is 17.0 Å². The van der Waals surface area contributed by atoms with E-state index in [0.717, 1.165) is 13.1 Å². The van der Waals surface area contributed by atoms with E-state index in [1.165, 1.54) is 0 Å². The summed E-state index contributed by atoms with van der Waals surface area (Å²) in [5, 5.41) is 14.2. The Morgan fingerprint density at radius 1 is 1.41 bits per heavy atom. The second kappa shape index (κ2) is 4.50. The number of anilines is 2. The lowest BCUT2D eigenvalue weighted by Crippen LogP contribution is -2.44. The molecule has 0 unspecified atom stereocenters. The highest BCUT2D eigenvalue weighted by atomic mass is 16.6. The minimum absolute atomic E-state index is 0.0545. The number of nitrogens with zero attached hydrogens (tertiary/aromatic N) is 4. The van der Waals surface area contributed by atoms with Crippen LogP contribution in [0.15, 0.2) is 0 Å². The third-order valence-electron chi connectivity index (χ3n) is 2.66. The van der Waals surface area contributed by atoms with E-state index in [9.17, 15) is 10.1 Å². The summed E-state index contributed by atoms with van der Waals surface area (Å²) in [6.07, 6.45) is 0. The first-order valence-corrected chi connectivity index (χ1v) is 5.34. The molecule has 0 saturated carbocycles. The number of hydrogen-bond donors (Lipinski definition) is 2. The maximum atomic E-state index is 11.0. The van der Waals surface area contributed by atoms with Gasteiger partial charge in [-0.25, -0.2) is 4.98 Å². The van der Waals surface area contributed by atoms with E-state index in [0.29, 0.717) is 24.6 Å². The maximum absolute atomic E-state index is 11.0. The summed E-state index contributed by atoms with van der Waals surface area (Å²) in [6.45, 7) is 4.48. The van der Waals surface area contributed by atoms with E-state index in [1.54, 1.807) is 6.92 Å². The van der Waals surface area contributed by atoms with Gasteiger partial charge in [0.2, 0.25) is 11.8 Å². The Morgan fingerprint density at radius 2 is 2.06 bits per heavy atom. The first-order chi connectivity index (χ1) is 8.09. The lowest BCUT2D eigenvalue weighted by atomic mass is 10.3. The Morgan fingerprint density at radius 3 is 2.65 bits per heavy atom. The van der Waals surface area contributed by atoms with Crippen LogP contribution in [0.3, 0.4) is 0 Å². The molecule has 3 N–H and O–H groups in total. The van der Waals surface area contributed by atoms with Crippen molar-refractivity contribution in [3.63, 3.8) is 0 Å². The molecule has 17 heavy (non-hydrogen) atoms. The van der Waals surface area contributed by atoms with Crippen molar-refractivity contribution in [2.24, 2.45) is 0 Å². The van der Waals surface area contributed by atoms with Crippen molar-refractivity contribution < 1.29 is 4.92 Å². The minimum Gasteiger partial charge on any atom is -0.368 e. The molecule has 8 nitrogen and oxygen atoms in total. The smallest absolute Gasteiger partial charge is 0.332 e. The van der Waals surface area contributed by atoms with E-state index < -0.39 is 4.92 Å². The molecule has 1 aliphatic rings. The van der Waals surface area contributed by atoms with Crippen LogP contribution in [0.1, 0.15) is 5.69 Å². The number of piperazine rings is 1. The van der Waals surface area contributed by atoms with E-state index in [4.69, 9.17) is 5.73 Å².